The van der Waals surface area contributed by atoms with Gasteiger partial charge in [-0.1, -0.05) is 42.0 Å². The van der Waals surface area contributed by atoms with E-state index in [4.69, 9.17) is 0 Å². The van der Waals surface area contributed by atoms with E-state index >= 15 is 0 Å². The number of benzene rings is 1. The zero-order valence-corrected chi connectivity index (χ0v) is 11.6. The number of fused-ring (bicyclic) bond motifs is 1. The summed E-state index contributed by atoms with van der Waals surface area (Å²) in [4.78, 5) is 5.63. The van der Waals surface area contributed by atoms with Crippen molar-refractivity contribution in [3.63, 3.8) is 0 Å². The second kappa shape index (κ2) is 4.21. The molecule has 0 aliphatic heterocycles. The standard InChI is InChI=1S/C14H15N3S/c1-4-13-16-17-8-12(15-14(17)18-13)11-6-5-9(2)7-10(11)3/h5-8H,4H2,1-3H3. The smallest absolute Gasteiger partial charge is 0.212 e. The zero-order valence-electron chi connectivity index (χ0n) is 10.8. The third kappa shape index (κ3) is 1.82. The van der Waals surface area contributed by atoms with E-state index < -0.39 is 0 Å². The van der Waals surface area contributed by atoms with E-state index in [0.717, 1.165) is 22.1 Å². The highest BCUT2D eigenvalue weighted by molar-refractivity contribution is 7.16. The summed E-state index contributed by atoms with van der Waals surface area (Å²) < 4.78 is 1.89. The van der Waals surface area contributed by atoms with E-state index in [0.29, 0.717) is 0 Å². The summed E-state index contributed by atoms with van der Waals surface area (Å²) in [6, 6.07) is 6.45. The molecule has 0 radical (unpaired) electrons. The number of aromatic nitrogens is 3. The molecule has 0 saturated carbocycles. The van der Waals surface area contributed by atoms with Crippen LogP contribution in [-0.2, 0) is 6.42 Å². The van der Waals surface area contributed by atoms with Gasteiger partial charge in [-0.3, -0.25) is 0 Å². The normalized spacial score (nSPS) is 11.3. The number of nitrogens with zero attached hydrogens (tertiary/aromatic N) is 3. The van der Waals surface area contributed by atoms with Crippen LogP contribution in [0.2, 0.25) is 0 Å². The van der Waals surface area contributed by atoms with Crippen LogP contribution in [0.1, 0.15) is 23.1 Å². The topological polar surface area (TPSA) is 30.2 Å². The minimum atomic E-state index is 0.965. The van der Waals surface area contributed by atoms with Gasteiger partial charge in [-0.2, -0.15) is 5.10 Å². The average molecular weight is 257 g/mol. The van der Waals surface area contributed by atoms with Gasteiger partial charge in [0.15, 0.2) is 0 Å². The molecule has 0 N–H and O–H groups in total. The van der Waals surface area contributed by atoms with Crippen LogP contribution in [0.15, 0.2) is 24.4 Å². The lowest BCUT2D eigenvalue weighted by Crippen LogP contribution is -1.86. The minimum absolute atomic E-state index is 0.965. The highest BCUT2D eigenvalue weighted by Gasteiger charge is 2.10. The van der Waals surface area contributed by atoms with Crippen molar-refractivity contribution in [2.75, 3.05) is 0 Å². The van der Waals surface area contributed by atoms with Gasteiger partial charge in [0.2, 0.25) is 4.96 Å². The Balaban J connectivity index is 2.10. The summed E-state index contributed by atoms with van der Waals surface area (Å²) in [7, 11) is 0. The lowest BCUT2D eigenvalue weighted by atomic mass is 10.0. The van der Waals surface area contributed by atoms with Crippen molar-refractivity contribution >= 4 is 16.3 Å². The van der Waals surface area contributed by atoms with Gasteiger partial charge in [0.25, 0.3) is 0 Å². The van der Waals surface area contributed by atoms with Crippen LogP contribution in [0, 0.1) is 13.8 Å². The van der Waals surface area contributed by atoms with Crippen molar-refractivity contribution in [3.8, 4) is 11.3 Å². The van der Waals surface area contributed by atoms with Crippen LogP contribution >= 0.6 is 11.3 Å². The molecule has 3 rings (SSSR count). The zero-order chi connectivity index (χ0) is 12.7. The second-order valence-corrected chi connectivity index (χ2v) is 5.56. The molecule has 0 amide bonds. The van der Waals surface area contributed by atoms with E-state index in [-0.39, 0.29) is 0 Å². The Hall–Kier alpha value is -1.68. The molecule has 3 aromatic rings. The predicted molar refractivity (Wildman–Crippen MR) is 75.2 cm³/mol. The Morgan fingerprint density at radius 1 is 1.28 bits per heavy atom. The molecular weight excluding hydrogens is 242 g/mol. The van der Waals surface area contributed by atoms with E-state index in [2.05, 4.69) is 49.1 Å². The molecular formula is C14H15N3S. The summed E-state index contributed by atoms with van der Waals surface area (Å²) in [6.07, 6.45) is 2.98. The van der Waals surface area contributed by atoms with Gasteiger partial charge in [0.05, 0.1) is 11.9 Å². The SMILES string of the molecule is CCc1nn2cc(-c3ccc(C)cc3C)nc2s1. The molecule has 0 saturated heterocycles. The van der Waals surface area contributed by atoms with Gasteiger partial charge in [-0.15, -0.1) is 0 Å². The molecule has 4 heteroatoms. The first-order valence-electron chi connectivity index (χ1n) is 6.10. The van der Waals surface area contributed by atoms with E-state index in [9.17, 15) is 0 Å². The number of aryl methyl sites for hydroxylation is 3. The van der Waals surface area contributed by atoms with Gasteiger partial charge < -0.3 is 0 Å². The lowest BCUT2D eigenvalue weighted by molar-refractivity contribution is 0.910. The summed E-state index contributed by atoms with van der Waals surface area (Å²) >= 11 is 1.66. The lowest BCUT2D eigenvalue weighted by Gasteiger charge is -2.02. The van der Waals surface area contributed by atoms with Crippen molar-refractivity contribution < 1.29 is 0 Å². The van der Waals surface area contributed by atoms with E-state index in [1.807, 2.05) is 10.7 Å². The third-order valence-electron chi connectivity index (χ3n) is 3.05. The highest BCUT2D eigenvalue weighted by atomic mass is 32.1. The van der Waals surface area contributed by atoms with Crippen LogP contribution in [0.4, 0.5) is 0 Å². The Morgan fingerprint density at radius 3 is 2.78 bits per heavy atom. The maximum atomic E-state index is 4.66. The molecule has 0 aliphatic rings. The van der Waals surface area contributed by atoms with Crippen LogP contribution in [0.3, 0.4) is 0 Å². The first-order chi connectivity index (χ1) is 8.67. The van der Waals surface area contributed by atoms with Crippen LogP contribution in [0.5, 0.6) is 0 Å². The summed E-state index contributed by atoms with van der Waals surface area (Å²) in [5.74, 6) is 0. The second-order valence-electron chi connectivity index (χ2n) is 4.52. The van der Waals surface area contributed by atoms with Gasteiger partial charge in [0.1, 0.15) is 5.01 Å². The molecule has 0 unspecified atom stereocenters. The van der Waals surface area contributed by atoms with Crippen molar-refractivity contribution in [2.24, 2.45) is 0 Å². The fourth-order valence-electron chi connectivity index (χ4n) is 2.11. The van der Waals surface area contributed by atoms with Crippen LogP contribution in [0.25, 0.3) is 16.2 Å². The predicted octanol–water partition coefficient (Wildman–Crippen LogP) is 3.64. The van der Waals surface area contributed by atoms with Gasteiger partial charge in [-0.25, -0.2) is 9.50 Å². The Bertz CT molecular complexity index is 677. The molecule has 18 heavy (non-hydrogen) atoms. The van der Waals surface area contributed by atoms with Gasteiger partial charge in [0, 0.05) is 5.56 Å². The highest BCUT2D eigenvalue weighted by Crippen LogP contribution is 2.25. The summed E-state index contributed by atoms with van der Waals surface area (Å²) in [6.45, 7) is 6.35. The largest absolute Gasteiger partial charge is 0.217 e. The summed E-state index contributed by atoms with van der Waals surface area (Å²) in [5, 5.41) is 5.63. The molecule has 0 spiro atoms. The van der Waals surface area contributed by atoms with Crippen molar-refractivity contribution in [1.82, 2.24) is 14.6 Å². The van der Waals surface area contributed by atoms with Crippen LogP contribution < -0.4 is 0 Å². The minimum Gasteiger partial charge on any atom is -0.217 e. The molecule has 0 atom stereocenters. The first kappa shape index (κ1) is 11.4. The Kier molecular flexibility index (Phi) is 2.67. The molecule has 0 bridgehead atoms. The molecule has 0 aliphatic carbocycles. The molecule has 92 valence electrons. The Morgan fingerprint density at radius 2 is 2.11 bits per heavy atom. The van der Waals surface area contributed by atoms with Gasteiger partial charge in [-0.05, 0) is 25.8 Å². The molecule has 2 aromatic heterocycles. The van der Waals surface area contributed by atoms with Gasteiger partial charge >= 0.3 is 0 Å². The summed E-state index contributed by atoms with van der Waals surface area (Å²) in [5.41, 5.74) is 4.74. The molecule has 1 aromatic carbocycles. The quantitative estimate of drug-likeness (QED) is 0.701. The average Bonchev–Trinajstić information content (AvgIpc) is 2.86. The fourth-order valence-corrected chi connectivity index (χ4v) is 2.93. The third-order valence-corrected chi connectivity index (χ3v) is 4.11. The first-order valence-corrected chi connectivity index (χ1v) is 6.91. The maximum absolute atomic E-state index is 4.66. The number of imidazole rings is 1. The monoisotopic (exact) mass is 257 g/mol. The Labute approximate surface area is 110 Å². The molecule has 2 heterocycles. The van der Waals surface area contributed by atoms with Crippen LogP contribution in [-0.4, -0.2) is 14.6 Å². The van der Waals surface area contributed by atoms with Crippen molar-refractivity contribution in [2.45, 2.75) is 27.2 Å². The molecule has 0 fully saturated rings. The van der Waals surface area contributed by atoms with Crippen molar-refractivity contribution in [3.05, 3.63) is 40.5 Å². The number of hydrogen-bond acceptors (Lipinski definition) is 3. The number of hydrogen-bond donors (Lipinski definition) is 0. The van der Waals surface area contributed by atoms with Crippen molar-refractivity contribution in [1.29, 1.82) is 0 Å². The van der Waals surface area contributed by atoms with E-state index in [1.165, 1.54) is 16.7 Å². The van der Waals surface area contributed by atoms with E-state index in [1.54, 1.807) is 11.3 Å². The maximum Gasteiger partial charge on any atom is 0.212 e. The number of rotatable bonds is 2. The molecule has 3 nitrogen and oxygen atoms in total. The fraction of sp³-hybridized carbons (Fsp3) is 0.286.